The largest absolute Gasteiger partial charge is 0.476 e. The number of carbonyl (C=O) groups is 1. The molecule has 1 amide bonds. The third-order valence-electron chi connectivity index (χ3n) is 3.42. The summed E-state index contributed by atoms with van der Waals surface area (Å²) in [6, 6.07) is 7.03. The lowest BCUT2D eigenvalue weighted by atomic mass is 10.0. The average Bonchev–Trinajstić information content (AvgIpc) is 2.90. The molecule has 7 heteroatoms. The molecule has 0 bridgehead atoms. The van der Waals surface area contributed by atoms with Crippen molar-refractivity contribution in [2.45, 2.75) is 12.5 Å². The molecule has 0 aliphatic carbocycles. The molecule has 2 heterocycles. The molecule has 0 saturated carbocycles. The summed E-state index contributed by atoms with van der Waals surface area (Å²) in [7, 11) is 0. The summed E-state index contributed by atoms with van der Waals surface area (Å²) in [4.78, 5) is 16.5. The van der Waals surface area contributed by atoms with Gasteiger partial charge in [0.15, 0.2) is 0 Å². The summed E-state index contributed by atoms with van der Waals surface area (Å²) in [5.74, 6) is 0.0478. The van der Waals surface area contributed by atoms with Crippen LogP contribution in [0.4, 0.5) is 0 Å². The standard InChI is InChI=1S/C15H11BrCl2N2O2/c16-12-4-8(17)5-13(18)10(12)6-20-14(21)11-7-22-15-9(11)2-1-3-19-15/h1-5,11H,6-7H2,(H,20,21)/t11-/m1/s1. The first kappa shape index (κ1) is 15.6. The lowest BCUT2D eigenvalue weighted by Crippen LogP contribution is -2.30. The Morgan fingerprint density at radius 2 is 2.27 bits per heavy atom. The molecule has 1 N–H and O–H groups in total. The van der Waals surface area contributed by atoms with Crippen molar-refractivity contribution in [1.29, 1.82) is 0 Å². The number of rotatable bonds is 3. The smallest absolute Gasteiger partial charge is 0.231 e. The second kappa shape index (κ2) is 6.44. The molecular formula is C15H11BrCl2N2O2. The van der Waals surface area contributed by atoms with Crippen LogP contribution in [0.15, 0.2) is 34.9 Å². The third kappa shape index (κ3) is 3.07. The molecule has 3 rings (SSSR count). The van der Waals surface area contributed by atoms with Gasteiger partial charge in [-0.05, 0) is 18.2 Å². The number of hydrogen-bond acceptors (Lipinski definition) is 3. The Kier molecular flexibility index (Phi) is 4.57. The number of aromatic nitrogens is 1. The number of hydrogen-bond donors (Lipinski definition) is 1. The Morgan fingerprint density at radius 3 is 3.05 bits per heavy atom. The van der Waals surface area contributed by atoms with Crippen LogP contribution < -0.4 is 10.1 Å². The molecule has 0 spiro atoms. The fourth-order valence-corrected chi connectivity index (χ4v) is 3.70. The average molecular weight is 402 g/mol. The van der Waals surface area contributed by atoms with Crippen molar-refractivity contribution in [3.8, 4) is 5.88 Å². The van der Waals surface area contributed by atoms with Gasteiger partial charge in [0.05, 0.1) is 0 Å². The van der Waals surface area contributed by atoms with Crippen molar-refractivity contribution < 1.29 is 9.53 Å². The molecule has 1 aromatic carbocycles. The first-order valence-electron chi connectivity index (χ1n) is 6.55. The summed E-state index contributed by atoms with van der Waals surface area (Å²) < 4.78 is 6.18. The van der Waals surface area contributed by atoms with E-state index in [1.807, 2.05) is 6.07 Å². The fraction of sp³-hybridized carbons (Fsp3) is 0.200. The molecule has 22 heavy (non-hydrogen) atoms. The quantitative estimate of drug-likeness (QED) is 0.847. The van der Waals surface area contributed by atoms with E-state index in [9.17, 15) is 4.79 Å². The monoisotopic (exact) mass is 400 g/mol. The summed E-state index contributed by atoms with van der Waals surface area (Å²) in [5, 5.41) is 3.92. The normalized spacial score (nSPS) is 16.0. The van der Waals surface area contributed by atoms with E-state index >= 15 is 0 Å². The van der Waals surface area contributed by atoms with Crippen LogP contribution in [0.2, 0.25) is 10.0 Å². The van der Waals surface area contributed by atoms with E-state index in [2.05, 4.69) is 26.2 Å². The SMILES string of the molecule is O=C(NCc1c(Cl)cc(Cl)cc1Br)[C@@H]1COc2ncccc21. The third-order valence-corrected chi connectivity index (χ3v) is 4.69. The summed E-state index contributed by atoms with van der Waals surface area (Å²) >= 11 is 15.5. The molecule has 0 radical (unpaired) electrons. The molecule has 4 nitrogen and oxygen atoms in total. The fourth-order valence-electron chi connectivity index (χ4n) is 2.30. The number of halogens is 3. The maximum absolute atomic E-state index is 12.4. The van der Waals surface area contributed by atoms with Gasteiger partial charge in [-0.1, -0.05) is 45.2 Å². The van der Waals surface area contributed by atoms with Crippen LogP contribution in [0.3, 0.4) is 0 Å². The second-order valence-electron chi connectivity index (χ2n) is 4.83. The molecule has 1 aliphatic heterocycles. The van der Waals surface area contributed by atoms with Crippen LogP contribution >= 0.6 is 39.1 Å². The molecule has 0 saturated heterocycles. The van der Waals surface area contributed by atoms with Crippen LogP contribution in [-0.4, -0.2) is 17.5 Å². The van der Waals surface area contributed by atoms with Crippen LogP contribution in [-0.2, 0) is 11.3 Å². The molecule has 0 fully saturated rings. The van der Waals surface area contributed by atoms with Crippen molar-refractivity contribution in [2.75, 3.05) is 6.61 Å². The van der Waals surface area contributed by atoms with Crippen molar-refractivity contribution in [3.05, 3.63) is 56.1 Å². The highest BCUT2D eigenvalue weighted by molar-refractivity contribution is 9.10. The van der Waals surface area contributed by atoms with Crippen LogP contribution in [0.5, 0.6) is 5.88 Å². The number of ether oxygens (including phenoxy) is 1. The lowest BCUT2D eigenvalue weighted by Gasteiger charge is -2.12. The second-order valence-corrected chi connectivity index (χ2v) is 6.53. The van der Waals surface area contributed by atoms with Gasteiger partial charge in [-0.2, -0.15) is 0 Å². The zero-order valence-electron chi connectivity index (χ0n) is 11.3. The van der Waals surface area contributed by atoms with Gasteiger partial charge >= 0.3 is 0 Å². The van der Waals surface area contributed by atoms with Crippen molar-refractivity contribution in [1.82, 2.24) is 10.3 Å². The minimum atomic E-state index is -0.353. The van der Waals surface area contributed by atoms with E-state index < -0.39 is 0 Å². The topological polar surface area (TPSA) is 51.2 Å². The van der Waals surface area contributed by atoms with Gasteiger partial charge < -0.3 is 10.1 Å². The number of nitrogens with zero attached hydrogens (tertiary/aromatic N) is 1. The van der Waals surface area contributed by atoms with Gasteiger partial charge in [-0.25, -0.2) is 4.98 Å². The molecule has 1 aromatic heterocycles. The van der Waals surface area contributed by atoms with Gasteiger partial charge in [0.1, 0.15) is 12.5 Å². The maximum Gasteiger partial charge on any atom is 0.231 e. The Labute approximate surface area is 145 Å². The number of carbonyl (C=O) groups excluding carboxylic acids is 1. The Bertz CT molecular complexity index is 716. The van der Waals surface area contributed by atoms with Gasteiger partial charge in [-0.15, -0.1) is 0 Å². The highest BCUT2D eigenvalue weighted by atomic mass is 79.9. The predicted molar refractivity (Wildman–Crippen MR) is 88.5 cm³/mol. The molecule has 1 atom stereocenters. The maximum atomic E-state index is 12.4. The summed E-state index contributed by atoms with van der Waals surface area (Å²) in [6.07, 6.45) is 1.64. The Morgan fingerprint density at radius 1 is 1.45 bits per heavy atom. The van der Waals surface area contributed by atoms with Crippen LogP contribution in [0, 0.1) is 0 Å². The first-order valence-corrected chi connectivity index (χ1v) is 8.10. The van der Waals surface area contributed by atoms with Crippen molar-refractivity contribution >= 4 is 45.0 Å². The minimum absolute atomic E-state index is 0.121. The number of fused-ring (bicyclic) bond motifs is 1. The zero-order chi connectivity index (χ0) is 15.7. The van der Waals surface area contributed by atoms with Gasteiger partial charge in [-0.3, -0.25) is 4.79 Å². The number of amides is 1. The van der Waals surface area contributed by atoms with E-state index in [0.717, 1.165) is 15.6 Å². The van der Waals surface area contributed by atoms with E-state index in [4.69, 9.17) is 27.9 Å². The molecule has 2 aromatic rings. The number of nitrogens with one attached hydrogen (secondary N) is 1. The van der Waals surface area contributed by atoms with Gasteiger partial charge in [0.2, 0.25) is 11.8 Å². The first-order chi connectivity index (χ1) is 10.6. The minimum Gasteiger partial charge on any atom is -0.476 e. The predicted octanol–water partition coefficient (Wildman–Crippen LogP) is 3.94. The van der Waals surface area contributed by atoms with Crippen molar-refractivity contribution in [3.63, 3.8) is 0 Å². The highest BCUT2D eigenvalue weighted by Crippen LogP contribution is 2.32. The lowest BCUT2D eigenvalue weighted by molar-refractivity contribution is -0.122. The van der Waals surface area contributed by atoms with Gasteiger partial charge in [0, 0.05) is 38.4 Å². The Hall–Kier alpha value is -1.30. The highest BCUT2D eigenvalue weighted by Gasteiger charge is 2.31. The van der Waals surface area contributed by atoms with E-state index in [1.54, 1.807) is 24.4 Å². The number of pyridine rings is 1. The molecule has 0 unspecified atom stereocenters. The summed E-state index contributed by atoms with van der Waals surface area (Å²) in [5.41, 5.74) is 1.59. The van der Waals surface area contributed by atoms with Crippen molar-refractivity contribution in [2.24, 2.45) is 0 Å². The van der Waals surface area contributed by atoms with Gasteiger partial charge in [0.25, 0.3) is 0 Å². The Balaban J connectivity index is 1.72. The van der Waals surface area contributed by atoms with E-state index in [1.165, 1.54) is 0 Å². The summed E-state index contributed by atoms with van der Waals surface area (Å²) in [6.45, 7) is 0.606. The molecule has 114 valence electrons. The molecular weight excluding hydrogens is 391 g/mol. The van der Waals surface area contributed by atoms with E-state index in [-0.39, 0.29) is 11.8 Å². The van der Waals surface area contributed by atoms with E-state index in [0.29, 0.717) is 29.1 Å². The van der Waals surface area contributed by atoms with Crippen LogP contribution in [0.25, 0.3) is 0 Å². The van der Waals surface area contributed by atoms with Crippen LogP contribution in [0.1, 0.15) is 17.0 Å². The zero-order valence-corrected chi connectivity index (χ0v) is 14.4. The molecule has 1 aliphatic rings. The number of benzene rings is 1.